The van der Waals surface area contributed by atoms with E-state index in [-0.39, 0.29) is 31.0 Å². The number of aliphatic carboxylic acids is 1. The van der Waals surface area contributed by atoms with Gasteiger partial charge in [0.1, 0.15) is 5.78 Å². The lowest BCUT2D eigenvalue weighted by Crippen LogP contribution is -2.19. The quantitative estimate of drug-likeness (QED) is 0.453. The highest BCUT2D eigenvalue weighted by Crippen LogP contribution is 2.33. The van der Waals surface area contributed by atoms with Crippen LogP contribution in [-0.4, -0.2) is 39.3 Å². The second kappa shape index (κ2) is 13.2. The van der Waals surface area contributed by atoms with Crippen LogP contribution in [0.15, 0.2) is 48.6 Å². The van der Waals surface area contributed by atoms with Gasteiger partial charge in [-0.2, -0.15) is 0 Å². The normalized spacial score (nSPS) is 24.9. The topological polar surface area (TPSA) is 94.8 Å². The van der Waals surface area contributed by atoms with Gasteiger partial charge in [-0.05, 0) is 32.1 Å². The lowest BCUT2D eigenvalue weighted by atomic mass is 9.90. The van der Waals surface area contributed by atoms with Crippen molar-refractivity contribution in [2.45, 2.75) is 64.1 Å². The van der Waals surface area contributed by atoms with Gasteiger partial charge >= 0.3 is 5.97 Å². The van der Waals surface area contributed by atoms with Gasteiger partial charge in [0.05, 0.1) is 12.2 Å². The first-order chi connectivity index (χ1) is 13.0. The highest BCUT2D eigenvalue weighted by Gasteiger charge is 2.39. The number of allylic oxidation sites excluding steroid dienone is 7. The van der Waals surface area contributed by atoms with Gasteiger partial charge in [0, 0.05) is 24.7 Å². The smallest absolute Gasteiger partial charge is 0.303 e. The van der Waals surface area contributed by atoms with E-state index in [4.69, 9.17) is 5.11 Å². The molecule has 0 aliphatic heterocycles. The molecule has 5 heteroatoms. The van der Waals surface area contributed by atoms with E-state index >= 15 is 0 Å². The first-order valence-corrected chi connectivity index (χ1v) is 9.69. The van der Waals surface area contributed by atoms with Crippen LogP contribution in [0.4, 0.5) is 0 Å². The predicted molar refractivity (Wildman–Crippen MR) is 106 cm³/mol. The number of Topliss-reactive ketones (excluding diaryl/α,β-unsaturated/α-hetero) is 1. The number of hydrogen-bond acceptors (Lipinski definition) is 4. The fourth-order valence-corrected chi connectivity index (χ4v) is 3.10. The zero-order valence-corrected chi connectivity index (χ0v) is 16.0. The molecule has 5 nitrogen and oxygen atoms in total. The van der Waals surface area contributed by atoms with Crippen molar-refractivity contribution in [3.05, 3.63) is 48.6 Å². The summed E-state index contributed by atoms with van der Waals surface area (Å²) in [5, 5.41) is 28.6. The van der Waals surface area contributed by atoms with Gasteiger partial charge < -0.3 is 15.3 Å². The number of aliphatic hydroxyl groups is 2. The van der Waals surface area contributed by atoms with Gasteiger partial charge in [0.2, 0.25) is 0 Å². The van der Waals surface area contributed by atoms with Crippen molar-refractivity contribution in [1.29, 1.82) is 0 Å². The highest BCUT2D eigenvalue weighted by atomic mass is 16.4. The molecule has 0 bridgehead atoms. The third-order valence-corrected chi connectivity index (χ3v) is 4.62. The summed E-state index contributed by atoms with van der Waals surface area (Å²) in [7, 11) is 0. The summed E-state index contributed by atoms with van der Waals surface area (Å²) in [6, 6.07) is 0. The van der Waals surface area contributed by atoms with E-state index in [0.717, 1.165) is 19.3 Å². The lowest BCUT2D eigenvalue weighted by molar-refractivity contribution is -0.137. The number of carbonyl (C=O) groups excluding carboxylic acids is 1. The molecule has 0 aromatic carbocycles. The maximum atomic E-state index is 12.1. The van der Waals surface area contributed by atoms with Crippen molar-refractivity contribution in [3.8, 4) is 0 Å². The molecule has 1 fully saturated rings. The number of carbonyl (C=O) groups is 2. The van der Waals surface area contributed by atoms with Crippen LogP contribution in [0.2, 0.25) is 0 Å². The monoisotopic (exact) mass is 376 g/mol. The zero-order valence-electron chi connectivity index (χ0n) is 16.0. The maximum absolute atomic E-state index is 12.1. The Morgan fingerprint density at radius 2 is 1.78 bits per heavy atom. The molecule has 0 amide bonds. The first-order valence-electron chi connectivity index (χ1n) is 9.69. The minimum atomic E-state index is -0.965. The van der Waals surface area contributed by atoms with Crippen molar-refractivity contribution >= 4 is 11.8 Å². The molecule has 3 N–H and O–H groups in total. The highest BCUT2D eigenvalue weighted by molar-refractivity contribution is 5.86. The molecule has 0 aromatic heterocycles. The molecule has 1 aliphatic rings. The summed E-state index contributed by atoms with van der Waals surface area (Å²) < 4.78 is 0. The molecule has 27 heavy (non-hydrogen) atoms. The van der Waals surface area contributed by atoms with Crippen LogP contribution >= 0.6 is 0 Å². The number of aliphatic hydroxyl groups excluding tert-OH is 2. The van der Waals surface area contributed by atoms with Gasteiger partial charge in [-0.25, -0.2) is 0 Å². The average molecular weight is 376 g/mol. The van der Waals surface area contributed by atoms with Gasteiger partial charge in [0.15, 0.2) is 0 Å². The summed E-state index contributed by atoms with van der Waals surface area (Å²) >= 11 is 0. The maximum Gasteiger partial charge on any atom is 0.303 e. The second-order valence-electron chi connectivity index (χ2n) is 6.84. The third kappa shape index (κ3) is 9.50. The molecule has 4 atom stereocenters. The fourth-order valence-electron chi connectivity index (χ4n) is 3.10. The number of carboxylic acid groups (broad SMARTS) is 1. The molecule has 0 spiro atoms. The van der Waals surface area contributed by atoms with Gasteiger partial charge in [-0.15, -0.1) is 0 Å². The first kappa shape index (κ1) is 23.1. The summed E-state index contributed by atoms with van der Waals surface area (Å²) in [6.07, 6.45) is 17.5. The lowest BCUT2D eigenvalue weighted by Gasteiger charge is -2.17. The number of hydrogen-bond donors (Lipinski definition) is 3. The number of rotatable bonds is 12. The van der Waals surface area contributed by atoms with E-state index in [9.17, 15) is 19.8 Å². The second-order valence-corrected chi connectivity index (χ2v) is 6.84. The van der Waals surface area contributed by atoms with E-state index in [1.807, 2.05) is 12.2 Å². The minimum Gasteiger partial charge on any atom is -0.481 e. The van der Waals surface area contributed by atoms with Crippen LogP contribution in [0.3, 0.4) is 0 Å². The fraction of sp³-hybridized carbons (Fsp3) is 0.545. The molecule has 150 valence electrons. The Hall–Kier alpha value is -1.98. The van der Waals surface area contributed by atoms with Crippen LogP contribution in [0, 0.1) is 11.8 Å². The third-order valence-electron chi connectivity index (χ3n) is 4.62. The van der Waals surface area contributed by atoms with Crippen LogP contribution < -0.4 is 0 Å². The predicted octanol–water partition coefficient (Wildman–Crippen LogP) is 3.58. The summed E-state index contributed by atoms with van der Waals surface area (Å²) in [5.74, 6) is -1.63. The molecule has 1 saturated carbocycles. The molecular weight excluding hydrogens is 344 g/mol. The Kier molecular flexibility index (Phi) is 11.3. The summed E-state index contributed by atoms with van der Waals surface area (Å²) in [6.45, 7) is 2.10. The standard InChI is InChI=1S/C22H32O5/c1-2-3-4-5-6-7-8-9-10-11-18-19(21(25)16-20(18)24)14-12-17(23)13-15-22(26)27/h3-4,6-7,9-10,12,14,17-20,23-24H,2,5,8,11,13,15-16H2,1H3,(H,26,27)/b4-3-,7-6-,10-9-,14-12+/t17-,18-,19+,20+/m1/s1. The van der Waals surface area contributed by atoms with Crippen LogP contribution in [0.1, 0.15) is 51.9 Å². The molecule has 1 rings (SSSR count). The molecule has 0 unspecified atom stereocenters. The van der Waals surface area contributed by atoms with E-state index in [1.165, 1.54) is 6.08 Å². The number of carboxylic acids is 1. The van der Waals surface area contributed by atoms with Crippen LogP contribution in [0.5, 0.6) is 0 Å². The van der Waals surface area contributed by atoms with E-state index in [1.54, 1.807) is 6.08 Å². The zero-order chi connectivity index (χ0) is 20.1. The Morgan fingerprint density at radius 1 is 1.15 bits per heavy atom. The molecule has 0 radical (unpaired) electrons. The van der Waals surface area contributed by atoms with E-state index < -0.39 is 24.1 Å². The Bertz CT molecular complexity index is 573. The Morgan fingerprint density at radius 3 is 2.41 bits per heavy atom. The van der Waals surface area contributed by atoms with Crippen molar-refractivity contribution in [3.63, 3.8) is 0 Å². The van der Waals surface area contributed by atoms with Crippen molar-refractivity contribution in [2.24, 2.45) is 11.8 Å². The van der Waals surface area contributed by atoms with E-state index in [2.05, 4.69) is 31.2 Å². The molecule has 0 heterocycles. The van der Waals surface area contributed by atoms with Crippen molar-refractivity contribution in [1.82, 2.24) is 0 Å². The van der Waals surface area contributed by atoms with Crippen LogP contribution in [-0.2, 0) is 9.59 Å². The van der Waals surface area contributed by atoms with Gasteiger partial charge in [-0.3, -0.25) is 9.59 Å². The largest absolute Gasteiger partial charge is 0.481 e. The molecule has 0 saturated heterocycles. The SMILES string of the molecule is CC/C=C\C/C=C\C/C=C\C[C@@H]1[C@H](/C=C/[C@@H](O)CCC(=O)O)C(=O)C[C@@H]1O. The summed E-state index contributed by atoms with van der Waals surface area (Å²) in [4.78, 5) is 22.6. The van der Waals surface area contributed by atoms with Crippen molar-refractivity contribution < 1.29 is 24.9 Å². The molecular formula is C22H32O5. The van der Waals surface area contributed by atoms with Gasteiger partial charge in [0.25, 0.3) is 0 Å². The molecule has 1 aliphatic carbocycles. The van der Waals surface area contributed by atoms with Gasteiger partial charge in [-0.1, -0.05) is 55.5 Å². The minimum absolute atomic E-state index is 0.0369. The Labute approximate surface area is 161 Å². The van der Waals surface area contributed by atoms with Crippen LogP contribution in [0.25, 0.3) is 0 Å². The molecule has 0 aromatic rings. The van der Waals surface area contributed by atoms with Crippen molar-refractivity contribution in [2.75, 3.05) is 0 Å². The number of ketones is 1. The Balaban J connectivity index is 2.48. The van der Waals surface area contributed by atoms with E-state index in [0.29, 0.717) is 6.42 Å². The average Bonchev–Trinajstić information content (AvgIpc) is 2.89. The summed E-state index contributed by atoms with van der Waals surface area (Å²) in [5.41, 5.74) is 0.